The third kappa shape index (κ3) is 3.82. The van der Waals surface area contributed by atoms with Crippen LogP contribution in [0.2, 0.25) is 10.0 Å². The molecule has 1 atom stereocenters. The molecule has 6 nitrogen and oxygen atoms in total. The number of halogens is 2. The summed E-state index contributed by atoms with van der Waals surface area (Å²) in [6.45, 7) is 1.06. The first-order chi connectivity index (χ1) is 12.1. The molecule has 1 aromatic carbocycles. The van der Waals surface area contributed by atoms with Crippen molar-refractivity contribution >= 4 is 40.1 Å². The minimum absolute atomic E-state index is 0.0683. The molecule has 4 N–H and O–H groups in total. The SMILES string of the molecule is CNC[C@@H](Nc1ncnc2c(CN)ccnc12)c1ccc(Cl)c(Cl)c1. The number of fused-ring (bicyclic) bond motifs is 1. The standard InChI is InChI=1S/C17H18Cl2N6/c1-21-8-14(10-2-3-12(18)13(19)6-10)25-17-16-15(23-9-24-17)11(7-20)4-5-22-16/h2-6,9,14,21H,7-8,20H2,1H3,(H,23,24,25)/t14-/m1/s1. The average molecular weight is 377 g/mol. The van der Waals surface area contributed by atoms with E-state index < -0.39 is 0 Å². The maximum Gasteiger partial charge on any atom is 0.156 e. The van der Waals surface area contributed by atoms with E-state index in [0.717, 1.165) is 16.6 Å². The van der Waals surface area contributed by atoms with Gasteiger partial charge in [-0.25, -0.2) is 9.97 Å². The summed E-state index contributed by atoms with van der Waals surface area (Å²) in [5.74, 6) is 0.645. The van der Waals surface area contributed by atoms with E-state index in [4.69, 9.17) is 28.9 Å². The molecular weight excluding hydrogens is 359 g/mol. The van der Waals surface area contributed by atoms with Crippen LogP contribution in [0.4, 0.5) is 5.82 Å². The largest absolute Gasteiger partial charge is 0.360 e. The summed E-state index contributed by atoms with van der Waals surface area (Å²) in [6, 6.07) is 7.36. The summed E-state index contributed by atoms with van der Waals surface area (Å²) in [4.78, 5) is 13.1. The monoisotopic (exact) mass is 376 g/mol. The first-order valence-electron chi connectivity index (χ1n) is 7.78. The number of hydrogen-bond donors (Lipinski definition) is 3. The average Bonchev–Trinajstić information content (AvgIpc) is 2.63. The van der Waals surface area contributed by atoms with Gasteiger partial charge in [0.2, 0.25) is 0 Å². The van der Waals surface area contributed by atoms with E-state index in [1.54, 1.807) is 12.3 Å². The molecule has 0 aliphatic carbocycles. The van der Waals surface area contributed by atoms with E-state index in [1.807, 2.05) is 25.2 Å². The lowest BCUT2D eigenvalue weighted by atomic mass is 10.1. The van der Waals surface area contributed by atoms with Crippen molar-refractivity contribution in [2.24, 2.45) is 5.73 Å². The van der Waals surface area contributed by atoms with Gasteiger partial charge in [-0.15, -0.1) is 0 Å². The fraction of sp³-hybridized carbons (Fsp3) is 0.235. The third-order valence-electron chi connectivity index (χ3n) is 3.89. The smallest absolute Gasteiger partial charge is 0.156 e. The molecule has 0 saturated carbocycles. The second kappa shape index (κ2) is 7.93. The molecule has 2 heterocycles. The topological polar surface area (TPSA) is 88.8 Å². The van der Waals surface area contributed by atoms with Crippen molar-refractivity contribution in [1.29, 1.82) is 0 Å². The van der Waals surface area contributed by atoms with Crippen LogP contribution >= 0.6 is 23.2 Å². The highest BCUT2D eigenvalue weighted by atomic mass is 35.5. The van der Waals surface area contributed by atoms with Gasteiger partial charge in [0, 0.05) is 19.3 Å². The predicted molar refractivity (Wildman–Crippen MR) is 102 cm³/mol. The second-order valence-corrected chi connectivity index (χ2v) is 6.34. The number of pyridine rings is 1. The second-order valence-electron chi connectivity index (χ2n) is 5.52. The molecule has 0 spiro atoms. The molecule has 0 aliphatic heterocycles. The lowest BCUT2D eigenvalue weighted by Gasteiger charge is -2.20. The van der Waals surface area contributed by atoms with E-state index in [-0.39, 0.29) is 6.04 Å². The van der Waals surface area contributed by atoms with Crippen molar-refractivity contribution < 1.29 is 0 Å². The van der Waals surface area contributed by atoms with Crippen LogP contribution in [-0.2, 0) is 6.54 Å². The number of rotatable bonds is 6. The lowest BCUT2D eigenvalue weighted by Crippen LogP contribution is -2.24. The highest BCUT2D eigenvalue weighted by molar-refractivity contribution is 6.42. The molecule has 0 bridgehead atoms. The molecule has 0 amide bonds. The summed E-state index contributed by atoms with van der Waals surface area (Å²) < 4.78 is 0. The molecule has 0 unspecified atom stereocenters. The van der Waals surface area contributed by atoms with E-state index in [9.17, 15) is 0 Å². The molecule has 3 rings (SSSR count). The summed E-state index contributed by atoms with van der Waals surface area (Å²) >= 11 is 12.2. The first kappa shape index (κ1) is 17.8. The van der Waals surface area contributed by atoms with Crippen LogP contribution in [0.15, 0.2) is 36.8 Å². The first-order valence-corrected chi connectivity index (χ1v) is 8.54. The van der Waals surface area contributed by atoms with Crippen LogP contribution in [0, 0.1) is 0 Å². The zero-order chi connectivity index (χ0) is 17.8. The number of aromatic nitrogens is 3. The van der Waals surface area contributed by atoms with E-state index in [0.29, 0.717) is 34.5 Å². The summed E-state index contributed by atoms with van der Waals surface area (Å²) in [6.07, 6.45) is 3.22. The summed E-state index contributed by atoms with van der Waals surface area (Å²) in [5, 5.41) is 7.62. The van der Waals surface area contributed by atoms with Crippen molar-refractivity contribution in [2.75, 3.05) is 18.9 Å². The van der Waals surface area contributed by atoms with E-state index in [2.05, 4.69) is 25.6 Å². The van der Waals surface area contributed by atoms with Crippen molar-refractivity contribution in [3.63, 3.8) is 0 Å². The quantitative estimate of drug-likeness (QED) is 0.612. The Kier molecular flexibility index (Phi) is 5.65. The maximum atomic E-state index is 6.16. The number of hydrogen-bond acceptors (Lipinski definition) is 6. The van der Waals surface area contributed by atoms with Gasteiger partial charge in [-0.3, -0.25) is 4.98 Å². The molecule has 8 heteroatoms. The van der Waals surface area contributed by atoms with Crippen molar-refractivity contribution in [3.8, 4) is 0 Å². The molecule has 130 valence electrons. The Labute approximate surface area is 155 Å². The molecule has 25 heavy (non-hydrogen) atoms. The number of nitrogens with two attached hydrogens (primary N) is 1. The number of nitrogens with zero attached hydrogens (tertiary/aromatic N) is 3. The van der Waals surface area contributed by atoms with Crippen LogP contribution in [0.25, 0.3) is 11.0 Å². The number of benzene rings is 1. The fourth-order valence-corrected chi connectivity index (χ4v) is 2.94. The molecule has 2 aromatic heterocycles. The predicted octanol–water partition coefficient (Wildman–Crippen LogP) is 3.16. The van der Waals surface area contributed by atoms with Gasteiger partial charge >= 0.3 is 0 Å². The van der Waals surface area contributed by atoms with Gasteiger partial charge in [0.25, 0.3) is 0 Å². The van der Waals surface area contributed by atoms with Gasteiger partial charge in [0.15, 0.2) is 5.82 Å². The molecular formula is C17H18Cl2N6. The molecule has 0 saturated heterocycles. The summed E-state index contributed by atoms with van der Waals surface area (Å²) in [5.41, 5.74) is 9.14. The van der Waals surface area contributed by atoms with Crippen LogP contribution in [0.3, 0.4) is 0 Å². The summed E-state index contributed by atoms with van der Waals surface area (Å²) in [7, 11) is 1.88. The van der Waals surface area contributed by atoms with E-state index >= 15 is 0 Å². The van der Waals surface area contributed by atoms with Crippen molar-refractivity contribution in [3.05, 3.63) is 58.0 Å². The van der Waals surface area contributed by atoms with Gasteiger partial charge in [0.05, 0.1) is 21.6 Å². The Morgan fingerprint density at radius 2 is 1.92 bits per heavy atom. The Hall–Kier alpha value is -1.99. The van der Waals surface area contributed by atoms with E-state index in [1.165, 1.54) is 6.33 Å². The Morgan fingerprint density at radius 1 is 1.08 bits per heavy atom. The Morgan fingerprint density at radius 3 is 2.64 bits per heavy atom. The van der Waals surface area contributed by atoms with Gasteiger partial charge < -0.3 is 16.4 Å². The molecule has 0 radical (unpaired) electrons. The Bertz CT molecular complexity index is 886. The highest BCUT2D eigenvalue weighted by Gasteiger charge is 2.16. The maximum absolute atomic E-state index is 6.16. The highest BCUT2D eigenvalue weighted by Crippen LogP contribution is 2.28. The molecule has 0 fully saturated rings. The van der Waals surface area contributed by atoms with Crippen molar-refractivity contribution in [1.82, 2.24) is 20.3 Å². The lowest BCUT2D eigenvalue weighted by molar-refractivity contribution is 0.687. The van der Waals surface area contributed by atoms with Crippen LogP contribution in [0.1, 0.15) is 17.2 Å². The minimum atomic E-state index is -0.0683. The Balaban J connectivity index is 2.00. The van der Waals surface area contributed by atoms with Crippen LogP contribution in [0.5, 0.6) is 0 Å². The van der Waals surface area contributed by atoms with Gasteiger partial charge in [-0.2, -0.15) is 0 Å². The van der Waals surface area contributed by atoms with Gasteiger partial charge in [-0.1, -0.05) is 29.3 Å². The van der Waals surface area contributed by atoms with Crippen LogP contribution in [-0.4, -0.2) is 28.5 Å². The van der Waals surface area contributed by atoms with Crippen LogP contribution < -0.4 is 16.4 Å². The number of anilines is 1. The zero-order valence-corrected chi connectivity index (χ0v) is 15.1. The third-order valence-corrected chi connectivity index (χ3v) is 4.63. The number of likely N-dealkylation sites (N-methyl/N-ethyl adjacent to an activating group) is 1. The zero-order valence-electron chi connectivity index (χ0n) is 13.6. The molecule has 0 aliphatic rings. The minimum Gasteiger partial charge on any atom is -0.360 e. The van der Waals surface area contributed by atoms with Gasteiger partial charge in [0.1, 0.15) is 11.8 Å². The normalized spacial score (nSPS) is 12.3. The van der Waals surface area contributed by atoms with Crippen molar-refractivity contribution in [2.45, 2.75) is 12.6 Å². The molecule has 3 aromatic rings. The van der Waals surface area contributed by atoms with Gasteiger partial charge in [-0.05, 0) is 36.4 Å². The fourth-order valence-electron chi connectivity index (χ4n) is 2.64. The number of nitrogens with one attached hydrogen (secondary N) is 2.